The van der Waals surface area contributed by atoms with E-state index in [1.54, 1.807) is 6.07 Å². The molecule has 7 heteroatoms. The first kappa shape index (κ1) is 20.8. The van der Waals surface area contributed by atoms with Crippen molar-refractivity contribution in [3.05, 3.63) is 95.3 Å². The quantitative estimate of drug-likeness (QED) is 0.213. The van der Waals surface area contributed by atoms with Gasteiger partial charge in [-0.25, -0.2) is 4.98 Å². The van der Waals surface area contributed by atoms with Crippen molar-refractivity contribution in [2.24, 2.45) is 0 Å². The van der Waals surface area contributed by atoms with E-state index in [2.05, 4.69) is 4.98 Å². The average molecular weight is 435 g/mol. The molecule has 0 saturated carbocycles. The van der Waals surface area contributed by atoms with Crippen molar-refractivity contribution < 1.29 is 14.3 Å². The summed E-state index contributed by atoms with van der Waals surface area (Å²) in [6, 6.07) is 26.3. The number of aromatic nitrogens is 2. The van der Waals surface area contributed by atoms with Gasteiger partial charge in [0.1, 0.15) is 24.7 Å². The summed E-state index contributed by atoms with van der Waals surface area (Å²) in [6.45, 7) is 1.00. The van der Waals surface area contributed by atoms with Crippen molar-refractivity contribution in [3.63, 3.8) is 0 Å². The van der Waals surface area contributed by atoms with Crippen LogP contribution < -0.4 is 19.9 Å². The van der Waals surface area contributed by atoms with Gasteiger partial charge in [-0.05, 0) is 36.4 Å². The average Bonchev–Trinajstić information content (AvgIpc) is 2.82. The summed E-state index contributed by atoms with van der Waals surface area (Å²) >= 11 is 1.41. The van der Waals surface area contributed by atoms with Crippen molar-refractivity contribution in [1.29, 1.82) is 0 Å². The largest absolute Gasteiger partial charge is 0.493 e. The van der Waals surface area contributed by atoms with Gasteiger partial charge in [0, 0.05) is 5.75 Å². The van der Waals surface area contributed by atoms with Crippen LogP contribution in [-0.4, -0.2) is 35.3 Å². The number of benzene rings is 3. The zero-order valence-electron chi connectivity index (χ0n) is 16.8. The third-order valence-electron chi connectivity index (χ3n) is 4.35. The van der Waals surface area contributed by atoms with Crippen LogP contribution in [0.5, 0.6) is 11.5 Å². The first-order valence-corrected chi connectivity index (χ1v) is 10.9. The van der Waals surface area contributed by atoms with E-state index in [4.69, 9.17) is 14.3 Å². The molecule has 0 spiro atoms. The smallest absolute Gasteiger partial charge is 0.295 e. The van der Waals surface area contributed by atoms with Gasteiger partial charge >= 0.3 is 0 Å². The minimum absolute atomic E-state index is 0.211. The van der Waals surface area contributed by atoms with Gasteiger partial charge in [0.25, 0.3) is 5.56 Å². The Bertz CT molecular complexity index is 1170. The molecule has 0 saturated heterocycles. The Hall–Kier alpha value is -3.45. The monoisotopic (exact) mass is 434 g/mol. The van der Waals surface area contributed by atoms with Gasteiger partial charge in [-0.2, -0.15) is 0 Å². The summed E-state index contributed by atoms with van der Waals surface area (Å²) in [5.74, 6) is 2.17. The number of hydrogen-bond acceptors (Lipinski definition) is 6. The number of fused-ring (bicyclic) bond motifs is 1. The fourth-order valence-electron chi connectivity index (χ4n) is 2.92. The molecule has 1 heterocycles. The second kappa shape index (κ2) is 10.5. The van der Waals surface area contributed by atoms with E-state index in [0.29, 0.717) is 35.0 Å². The van der Waals surface area contributed by atoms with Crippen LogP contribution in [0, 0.1) is 0 Å². The second-order valence-electron chi connectivity index (χ2n) is 6.52. The van der Waals surface area contributed by atoms with Crippen LogP contribution in [0.15, 0.2) is 94.9 Å². The minimum Gasteiger partial charge on any atom is -0.493 e. The van der Waals surface area contributed by atoms with Crippen molar-refractivity contribution in [3.8, 4) is 11.5 Å². The summed E-state index contributed by atoms with van der Waals surface area (Å²) in [5.41, 5.74) is 0.399. The first-order valence-electron chi connectivity index (χ1n) is 9.95. The Balaban J connectivity index is 1.43. The van der Waals surface area contributed by atoms with Crippen molar-refractivity contribution in [2.45, 2.75) is 5.16 Å². The molecule has 0 aliphatic heterocycles. The second-order valence-corrected chi connectivity index (χ2v) is 7.58. The highest BCUT2D eigenvalue weighted by molar-refractivity contribution is 7.99. The Kier molecular flexibility index (Phi) is 7.08. The molecule has 0 radical (unpaired) electrons. The number of hydrogen-bond donors (Lipinski definition) is 0. The van der Waals surface area contributed by atoms with Crippen LogP contribution in [0.3, 0.4) is 0 Å². The molecular weight excluding hydrogens is 412 g/mol. The van der Waals surface area contributed by atoms with E-state index >= 15 is 0 Å². The van der Waals surface area contributed by atoms with Crippen molar-refractivity contribution in [2.75, 3.05) is 25.6 Å². The molecule has 1 aromatic heterocycles. The Labute approximate surface area is 184 Å². The van der Waals surface area contributed by atoms with E-state index in [9.17, 15) is 4.79 Å². The van der Waals surface area contributed by atoms with Crippen LogP contribution in [0.1, 0.15) is 0 Å². The van der Waals surface area contributed by atoms with Gasteiger partial charge < -0.3 is 14.3 Å². The fraction of sp³-hybridized carbons (Fsp3) is 0.167. The number of thioether (sulfide) groups is 1. The van der Waals surface area contributed by atoms with Crippen LogP contribution in [0.2, 0.25) is 0 Å². The zero-order valence-corrected chi connectivity index (χ0v) is 17.7. The highest BCUT2D eigenvalue weighted by atomic mass is 32.2. The van der Waals surface area contributed by atoms with Crippen LogP contribution in [0.25, 0.3) is 10.9 Å². The zero-order chi connectivity index (χ0) is 21.3. The maximum absolute atomic E-state index is 13.0. The summed E-state index contributed by atoms with van der Waals surface area (Å²) in [6.07, 6.45) is 0. The summed E-state index contributed by atoms with van der Waals surface area (Å²) < 4.78 is 12.6. The first-order chi connectivity index (χ1) is 15.3. The molecule has 3 aromatic carbocycles. The Morgan fingerprint density at radius 2 is 1.35 bits per heavy atom. The maximum Gasteiger partial charge on any atom is 0.295 e. The summed E-state index contributed by atoms with van der Waals surface area (Å²) in [5, 5.41) is 0.997. The summed E-state index contributed by atoms with van der Waals surface area (Å²) in [7, 11) is 0. The third kappa shape index (κ3) is 5.58. The number of nitrogens with zero attached hydrogens (tertiary/aromatic N) is 2. The van der Waals surface area contributed by atoms with Gasteiger partial charge in [0.05, 0.1) is 17.5 Å². The van der Waals surface area contributed by atoms with Gasteiger partial charge in [0.2, 0.25) is 5.16 Å². The predicted molar refractivity (Wildman–Crippen MR) is 122 cm³/mol. The molecule has 0 bridgehead atoms. The normalized spacial score (nSPS) is 10.7. The molecule has 0 unspecified atom stereocenters. The summed E-state index contributed by atoms with van der Waals surface area (Å²) in [4.78, 5) is 23.4. The van der Waals surface area contributed by atoms with E-state index in [1.807, 2.05) is 78.9 Å². The van der Waals surface area contributed by atoms with E-state index < -0.39 is 0 Å². The lowest BCUT2D eigenvalue weighted by Gasteiger charge is -2.14. The molecule has 0 N–H and O–H groups in total. The maximum atomic E-state index is 13.0. The van der Waals surface area contributed by atoms with Crippen molar-refractivity contribution in [1.82, 2.24) is 9.71 Å². The van der Waals surface area contributed by atoms with E-state index in [0.717, 1.165) is 11.5 Å². The molecule has 0 aliphatic carbocycles. The van der Waals surface area contributed by atoms with Gasteiger partial charge in [-0.15, -0.1) is 4.73 Å². The molecule has 0 amide bonds. The van der Waals surface area contributed by atoms with Crippen LogP contribution in [-0.2, 0) is 0 Å². The number of ether oxygens (including phenoxy) is 2. The van der Waals surface area contributed by atoms with E-state index in [1.165, 1.54) is 16.5 Å². The third-order valence-corrected chi connectivity index (χ3v) is 5.24. The highest BCUT2D eigenvalue weighted by Gasteiger charge is 2.13. The molecule has 0 atom stereocenters. The molecule has 0 aliphatic rings. The Morgan fingerprint density at radius 1 is 0.742 bits per heavy atom. The molecule has 4 rings (SSSR count). The molecule has 31 heavy (non-hydrogen) atoms. The lowest BCUT2D eigenvalue weighted by molar-refractivity contribution is 0.0581. The molecule has 0 fully saturated rings. The highest BCUT2D eigenvalue weighted by Crippen LogP contribution is 2.18. The minimum atomic E-state index is -0.239. The fourth-order valence-corrected chi connectivity index (χ4v) is 3.68. The number of para-hydroxylation sites is 3. The molecule has 158 valence electrons. The van der Waals surface area contributed by atoms with Gasteiger partial charge in [0.15, 0.2) is 0 Å². The lowest BCUT2D eigenvalue weighted by atomic mass is 10.2. The van der Waals surface area contributed by atoms with Crippen molar-refractivity contribution >= 4 is 22.7 Å². The Morgan fingerprint density at radius 3 is 2.06 bits per heavy atom. The molecule has 4 aromatic rings. The number of rotatable bonds is 10. The van der Waals surface area contributed by atoms with Crippen LogP contribution >= 0.6 is 11.8 Å². The van der Waals surface area contributed by atoms with Gasteiger partial charge in [-0.1, -0.05) is 60.3 Å². The predicted octanol–water partition coefficient (Wildman–Crippen LogP) is 4.08. The molecular formula is C24H22N2O4S. The standard InChI is InChI=1S/C24H22N2O4S/c27-23-21-13-7-8-14-22(21)25-24(31-18-17-29-20-11-5-2-6-12-20)26(23)30-16-15-28-19-9-3-1-4-10-19/h1-14H,15-18H2. The molecule has 6 nitrogen and oxygen atoms in total. The van der Waals surface area contributed by atoms with E-state index in [-0.39, 0.29) is 12.2 Å². The topological polar surface area (TPSA) is 62.6 Å². The SMILES string of the molecule is O=c1c2ccccc2nc(SCCOc2ccccc2)n1OCCOc1ccccc1. The van der Waals surface area contributed by atoms with Gasteiger partial charge in [-0.3, -0.25) is 4.79 Å². The lowest BCUT2D eigenvalue weighted by Crippen LogP contribution is -2.32. The van der Waals surface area contributed by atoms with Crippen LogP contribution in [0.4, 0.5) is 0 Å².